The number of ether oxygens (including phenoxy) is 1. The summed E-state index contributed by atoms with van der Waals surface area (Å²) in [6.45, 7) is 3.24. The van der Waals surface area contributed by atoms with Gasteiger partial charge in [-0.3, -0.25) is 4.79 Å². The van der Waals surface area contributed by atoms with Crippen LogP contribution in [0.5, 0.6) is 5.75 Å². The zero-order valence-corrected chi connectivity index (χ0v) is 17.6. The van der Waals surface area contributed by atoms with Crippen LogP contribution < -0.4 is 15.0 Å². The summed E-state index contributed by atoms with van der Waals surface area (Å²) in [5, 5.41) is 3.46. The number of amides is 1. The second kappa shape index (κ2) is 10.2. The Labute approximate surface area is 173 Å². The van der Waals surface area contributed by atoms with Crippen LogP contribution in [0.25, 0.3) is 0 Å². The van der Waals surface area contributed by atoms with Crippen molar-refractivity contribution in [1.82, 2.24) is 20.2 Å². The molecule has 1 saturated heterocycles. The van der Waals surface area contributed by atoms with Crippen LogP contribution >= 0.6 is 0 Å². The molecule has 0 bridgehead atoms. The smallest absolute Gasteiger partial charge is 0.222 e. The average molecular weight is 398 g/mol. The van der Waals surface area contributed by atoms with Crippen LogP contribution in [0, 0.1) is 5.92 Å². The molecule has 3 rings (SSSR count). The summed E-state index contributed by atoms with van der Waals surface area (Å²) in [4.78, 5) is 25.5. The second-order valence-corrected chi connectivity index (χ2v) is 7.72. The summed E-state index contributed by atoms with van der Waals surface area (Å²) in [6.07, 6.45) is 3.72. The molecule has 7 nitrogen and oxygen atoms in total. The molecule has 0 saturated carbocycles. The summed E-state index contributed by atoms with van der Waals surface area (Å²) >= 11 is 0. The number of nitrogens with zero attached hydrogens (tertiary/aromatic N) is 4. The third-order valence-corrected chi connectivity index (χ3v) is 5.27. The van der Waals surface area contributed by atoms with Crippen LogP contribution in [0.3, 0.4) is 0 Å². The lowest BCUT2D eigenvalue weighted by Crippen LogP contribution is -2.36. The molecule has 2 heterocycles. The van der Waals surface area contributed by atoms with Gasteiger partial charge in [-0.15, -0.1) is 0 Å². The number of aromatic nitrogens is 2. The topological polar surface area (TPSA) is 70.6 Å². The Morgan fingerprint density at radius 2 is 2.07 bits per heavy atom. The van der Waals surface area contributed by atoms with E-state index in [9.17, 15) is 4.79 Å². The summed E-state index contributed by atoms with van der Waals surface area (Å²) < 4.78 is 5.19. The molecule has 1 N–H and O–H groups in total. The molecule has 1 aliphatic heterocycles. The SMILES string of the molecule is COc1ccc(CCC(=O)N2CCNC[C@@H](Cc3cc(N(C)C)ncn3)C2)cc1. The number of rotatable bonds is 7. The first-order valence-electron chi connectivity index (χ1n) is 10.1. The molecule has 1 atom stereocenters. The normalized spacial score (nSPS) is 16.9. The fourth-order valence-electron chi connectivity index (χ4n) is 3.59. The zero-order valence-electron chi connectivity index (χ0n) is 17.6. The first kappa shape index (κ1) is 21.0. The van der Waals surface area contributed by atoms with Gasteiger partial charge in [0.1, 0.15) is 17.9 Å². The minimum absolute atomic E-state index is 0.214. The number of hydrogen-bond acceptors (Lipinski definition) is 6. The summed E-state index contributed by atoms with van der Waals surface area (Å²) in [6, 6.07) is 9.96. The Hall–Kier alpha value is -2.67. The van der Waals surface area contributed by atoms with Crippen molar-refractivity contribution >= 4 is 11.7 Å². The number of hydrogen-bond donors (Lipinski definition) is 1. The van der Waals surface area contributed by atoms with Crippen molar-refractivity contribution in [3.8, 4) is 5.75 Å². The molecule has 7 heteroatoms. The fraction of sp³-hybridized carbons (Fsp3) is 0.500. The van der Waals surface area contributed by atoms with Crippen LogP contribution in [0.1, 0.15) is 17.7 Å². The first-order valence-corrected chi connectivity index (χ1v) is 10.1. The third-order valence-electron chi connectivity index (χ3n) is 5.27. The summed E-state index contributed by atoms with van der Waals surface area (Å²) in [5.74, 6) is 2.30. The van der Waals surface area contributed by atoms with E-state index in [4.69, 9.17) is 4.74 Å². The lowest BCUT2D eigenvalue weighted by Gasteiger charge is -2.24. The molecule has 2 aromatic rings. The highest BCUT2D eigenvalue weighted by Crippen LogP contribution is 2.16. The highest BCUT2D eigenvalue weighted by atomic mass is 16.5. The molecule has 0 spiro atoms. The van der Waals surface area contributed by atoms with Crippen molar-refractivity contribution < 1.29 is 9.53 Å². The zero-order chi connectivity index (χ0) is 20.6. The van der Waals surface area contributed by atoms with Crippen LogP contribution in [-0.4, -0.2) is 68.2 Å². The van der Waals surface area contributed by atoms with Gasteiger partial charge in [-0.05, 0) is 36.5 Å². The highest BCUT2D eigenvalue weighted by Gasteiger charge is 2.22. The number of anilines is 1. The number of aryl methyl sites for hydroxylation is 1. The number of benzene rings is 1. The predicted molar refractivity (Wildman–Crippen MR) is 114 cm³/mol. The Balaban J connectivity index is 1.56. The van der Waals surface area contributed by atoms with Crippen molar-refractivity contribution in [2.75, 3.05) is 52.3 Å². The van der Waals surface area contributed by atoms with Gasteiger partial charge < -0.3 is 19.9 Å². The van der Waals surface area contributed by atoms with Crippen molar-refractivity contribution in [1.29, 1.82) is 0 Å². The molecule has 1 amide bonds. The van der Waals surface area contributed by atoms with Crippen molar-refractivity contribution in [2.45, 2.75) is 19.3 Å². The second-order valence-electron chi connectivity index (χ2n) is 7.72. The molecular weight excluding hydrogens is 366 g/mol. The Kier molecular flexibility index (Phi) is 7.41. The quantitative estimate of drug-likeness (QED) is 0.768. The Morgan fingerprint density at radius 3 is 2.79 bits per heavy atom. The van der Waals surface area contributed by atoms with E-state index >= 15 is 0 Å². The molecule has 156 valence electrons. The number of carbonyl (C=O) groups excluding carboxylic acids is 1. The van der Waals surface area contributed by atoms with Gasteiger partial charge in [0.2, 0.25) is 5.91 Å². The molecule has 1 aliphatic rings. The van der Waals surface area contributed by atoms with Gasteiger partial charge >= 0.3 is 0 Å². The molecule has 1 fully saturated rings. The monoisotopic (exact) mass is 397 g/mol. The van der Waals surface area contributed by atoms with E-state index in [1.165, 1.54) is 0 Å². The first-order chi connectivity index (χ1) is 14.0. The van der Waals surface area contributed by atoms with Crippen molar-refractivity contribution in [3.63, 3.8) is 0 Å². The van der Waals surface area contributed by atoms with Gasteiger partial charge in [0.25, 0.3) is 0 Å². The fourth-order valence-corrected chi connectivity index (χ4v) is 3.59. The molecule has 0 aliphatic carbocycles. The summed E-state index contributed by atoms with van der Waals surface area (Å²) in [5.41, 5.74) is 2.17. The van der Waals surface area contributed by atoms with Gasteiger partial charge in [0.15, 0.2) is 0 Å². The Bertz CT molecular complexity index is 794. The molecular formula is C22H31N5O2. The van der Waals surface area contributed by atoms with E-state index in [1.807, 2.05) is 54.2 Å². The van der Waals surface area contributed by atoms with Gasteiger partial charge in [0, 0.05) is 58.5 Å². The lowest BCUT2D eigenvalue weighted by molar-refractivity contribution is -0.131. The standard InChI is InChI=1S/C22H31N5O2/c1-26(2)21-13-19(24-16-25-21)12-18-14-23-10-11-27(15-18)22(28)9-6-17-4-7-20(29-3)8-5-17/h4-5,7-8,13,16,18,23H,6,9-12,14-15H2,1-3H3/t18-/m1/s1. The van der Waals surface area contributed by atoms with Crippen molar-refractivity contribution in [3.05, 3.63) is 47.9 Å². The van der Waals surface area contributed by atoms with Gasteiger partial charge in [-0.1, -0.05) is 12.1 Å². The molecule has 0 radical (unpaired) electrons. The average Bonchev–Trinajstić information content (AvgIpc) is 2.98. The van der Waals surface area contributed by atoms with Crippen LogP contribution in [-0.2, 0) is 17.6 Å². The van der Waals surface area contributed by atoms with E-state index in [0.717, 1.165) is 61.8 Å². The maximum Gasteiger partial charge on any atom is 0.222 e. The van der Waals surface area contributed by atoms with E-state index in [0.29, 0.717) is 12.3 Å². The lowest BCUT2D eigenvalue weighted by atomic mass is 10.0. The maximum atomic E-state index is 12.8. The maximum absolute atomic E-state index is 12.8. The van der Waals surface area contributed by atoms with Crippen molar-refractivity contribution in [2.24, 2.45) is 5.92 Å². The van der Waals surface area contributed by atoms with Gasteiger partial charge in [-0.2, -0.15) is 0 Å². The largest absolute Gasteiger partial charge is 0.497 e. The number of nitrogens with one attached hydrogen (secondary N) is 1. The molecule has 1 aromatic carbocycles. The van der Waals surface area contributed by atoms with Gasteiger partial charge in [0.05, 0.1) is 7.11 Å². The van der Waals surface area contributed by atoms with E-state index in [-0.39, 0.29) is 5.91 Å². The van der Waals surface area contributed by atoms with Crippen LogP contribution in [0.2, 0.25) is 0 Å². The predicted octanol–water partition coefficient (Wildman–Crippen LogP) is 1.77. The van der Waals surface area contributed by atoms with E-state index < -0.39 is 0 Å². The minimum atomic E-state index is 0.214. The van der Waals surface area contributed by atoms with Crippen LogP contribution in [0.4, 0.5) is 5.82 Å². The number of carbonyl (C=O) groups is 1. The Morgan fingerprint density at radius 1 is 1.28 bits per heavy atom. The number of methoxy groups -OCH3 is 1. The third kappa shape index (κ3) is 6.15. The highest BCUT2D eigenvalue weighted by molar-refractivity contribution is 5.76. The van der Waals surface area contributed by atoms with Crippen LogP contribution in [0.15, 0.2) is 36.7 Å². The molecule has 0 unspecified atom stereocenters. The van der Waals surface area contributed by atoms with E-state index in [1.54, 1.807) is 13.4 Å². The summed E-state index contributed by atoms with van der Waals surface area (Å²) in [7, 11) is 5.61. The van der Waals surface area contributed by atoms with E-state index in [2.05, 4.69) is 15.3 Å². The minimum Gasteiger partial charge on any atom is -0.497 e. The van der Waals surface area contributed by atoms with Gasteiger partial charge in [-0.25, -0.2) is 9.97 Å². The molecule has 29 heavy (non-hydrogen) atoms. The molecule has 1 aromatic heterocycles.